The number of nitrogens with zero attached hydrogens (tertiary/aromatic N) is 1. The van der Waals surface area contributed by atoms with Crippen molar-refractivity contribution in [2.24, 2.45) is 23.7 Å². The van der Waals surface area contributed by atoms with E-state index >= 15 is 0 Å². The molecule has 4 atom stereocenters. The van der Waals surface area contributed by atoms with Crippen LogP contribution in [0, 0.1) is 23.7 Å². The van der Waals surface area contributed by atoms with Gasteiger partial charge in [-0.1, -0.05) is 27.7 Å². The summed E-state index contributed by atoms with van der Waals surface area (Å²) in [4.78, 5) is 26.6. The molecule has 2 fully saturated rings. The van der Waals surface area contributed by atoms with Gasteiger partial charge in [-0.3, -0.25) is 4.79 Å². The Bertz CT molecular complexity index is 480. The van der Waals surface area contributed by atoms with Crippen LogP contribution in [0.5, 0.6) is 0 Å². The summed E-state index contributed by atoms with van der Waals surface area (Å²) in [7, 11) is 0. The summed E-state index contributed by atoms with van der Waals surface area (Å²) in [5.41, 5.74) is -0.523. The third-order valence-electron chi connectivity index (χ3n) is 5.24. The average Bonchev–Trinajstić information content (AvgIpc) is 2.99. The summed E-state index contributed by atoms with van der Waals surface area (Å²) in [6.45, 7) is 14.8. The van der Waals surface area contributed by atoms with Crippen LogP contribution in [-0.2, 0) is 14.3 Å². The van der Waals surface area contributed by atoms with E-state index in [1.807, 2.05) is 34.6 Å². The lowest BCUT2D eigenvalue weighted by Crippen LogP contribution is -2.45. The van der Waals surface area contributed by atoms with E-state index in [2.05, 4.69) is 13.8 Å². The Hall–Kier alpha value is -1.26. The quantitative estimate of drug-likeness (QED) is 0.733. The summed E-state index contributed by atoms with van der Waals surface area (Å²) < 4.78 is 11.3. The summed E-state index contributed by atoms with van der Waals surface area (Å²) >= 11 is 0. The molecular formula is C19H33NO4. The van der Waals surface area contributed by atoms with E-state index in [1.54, 1.807) is 4.90 Å². The maximum Gasteiger partial charge on any atom is 0.410 e. The van der Waals surface area contributed by atoms with Gasteiger partial charge >= 0.3 is 12.1 Å². The van der Waals surface area contributed by atoms with E-state index in [1.165, 1.54) is 0 Å². The maximum absolute atomic E-state index is 12.7. The van der Waals surface area contributed by atoms with Gasteiger partial charge in [-0.15, -0.1) is 0 Å². The van der Waals surface area contributed by atoms with Gasteiger partial charge in [-0.25, -0.2) is 4.79 Å². The first kappa shape index (κ1) is 19.1. The lowest BCUT2D eigenvalue weighted by molar-refractivity contribution is -0.146. The minimum absolute atomic E-state index is 0.0615. The van der Waals surface area contributed by atoms with Crippen molar-refractivity contribution in [2.75, 3.05) is 6.54 Å². The van der Waals surface area contributed by atoms with Crippen molar-refractivity contribution < 1.29 is 19.1 Å². The van der Waals surface area contributed by atoms with E-state index in [0.29, 0.717) is 24.8 Å². The lowest BCUT2D eigenvalue weighted by Gasteiger charge is -2.30. The Balaban J connectivity index is 2.15. The average molecular weight is 339 g/mol. The first-order valence-electron chi connectivity index (χ1n) is 9.19. The number of hydrogen-bond donors (Lipinski definition) is 0. The molecule has 2 rings (SSSR count). The Morgan fingerprint density at radius 2 is 1.79 bits per heavy atom. The molecule has 5 nitrogen and oxygen atoms in total. The number of ether oxygens (including phenoxy) is 2. The zero-order valence-electron chi connectivity index (χ0n) is 16.2. The van der Waals surface area contributed by atoms with Crippen LogP contribution < -0.4 is 0 Å². The molecule has 0 bridgehead atoms. The van der Waals surface area contributed by atoms with Crippen molar-refractivity contribution in [2.45, 2.75) is 79.1 Å². The van der Waals surface area contributed by atoms with Gasteiger partial charge < -0.3 is 14.4 Å². The number of hydrogen-bond acceptors (Lipinski definition) is 4. The van der Waals surface area contributed by atoms with Crippen LogP contribution in [0.2, 0.25) is 0 Å². The number of likely N-dealkylation sites (tertiary alicyclic amines) is 1. The minimum atomic E-state index is -0.523. The molecule has 138 valence electrons. The molecule has 0 aromatic carbocycles. The fraction of sp³-hybridized carbons (Fsp3) is 0.895. The molecule has 2 saturated heterocycles. The molecule has 0 spiro atoms. The van der Waals surface area contributed by atoms with E-state index in [-0.39, 0.29) is 36.0 Å². The van der Waals surface area contributed by atoms with E-state index in [4.69, 9.17) is 9.47 Å². The highest BCUT2D eigenvalue weighted by Crippen LogP contribution is 2.38. The Morgan fingerprint density at radius 1 is 1.17 bits per heavy atom. The van der Waals surface area contributed by atoms with Crippen LogP contribution in [0.15, 0.2) is 0 Å². The lowest BCUT2D eigenvalue weighted by atomic mass is 9.88. The third kappa shape index (κ3) is 4.22. The number of esters is 1. The van der Waals surface area contributed by atoms with Crippen LogP contribution in [-0.4, -0.2) is 41.3 Å². The molecule has 1 amide bonds. The molecule has 0 aromatic rings. The molecule has 0 radical (unpaired) electrons. The van der Waals surface area contributed by atoms with Gasteiger partial charge in [-0.05, 0) is 51.4 Å². The zero-order chi connectivity index (χ0) is 18.2. The standard InChI is InChI=1S/C19H33NO4/c1-11(2)13-8-15(16-9-14(12(3)4)17(21)23-16)20(10-13)18(22)24-19(5,6)7/h11-16H,8-10H2,1-7H3/t13-,14+,15+,16+/m1/s1. The summed E-state index contributed by atoms with van der Waals surface area (Å²) in [5.74, 6) is 0.984. The number of carbonyl (C=O) groups excluding carboxylic acids is 2. The van der Waals surface area contributed by atoms with Crippen molar-refractivity contribution in [1.29, 1.82) is 0 Å². The maximum atomic E-state index is 12.7. The van der Waals surface area contributed by atoms with Crippen LogP contribution >= 0.6 is 0 Å². The molecule has 0 aromatic heterocycles. The van der Waals surface area contributed by atoms with Gasteiger partial charge in [0.2, 0.25) is 0 Å². The van der Waals surface area contributed by atoms with Crippen molar-refractivity contribution >= 4 is 12.1 Å². The van der Waals surface area contributed by atoms with Crippen molar-refractivity contribution in [3.8, 4) is 0 Å². The Morgan fingerprint density at radius 3 is 2.25 bits per heavy atom. The van der Waals surface area contributed by atoms with Gasteiger partial charge in [0, 0.05) is 6.54 Å². The third-order valence-corrected chi connectivity index (χ3v) is 5.24. The predicted octanol–water partition coefficient (Wildman–Crippen LogP) is 3.86. The molecule has 5 heteroatoms. The second kappa shape index (κ2) is 6.93. The number of carbonyl (C=O) groups is 2. The van der Waals surface area contributed by atoms with Gasteiger partial charge in [0.1, 0.15) is 11.7 Å². The van der Waals surface area contributed by atoms with Crippen LogP contribution in [0.3, 0.4) is 0 Å². The second-order valence-electron chi connectivity index (χ2n) is 9.00. The molecular weight excluding hydrogens is 306 g/mol. The van der Waals surface area contributed by atoms with Crippen molar-refractivity contribution in [3.05, 3.63) is 0 Å². The molecule has 0 aliphatic carbocycles. The highest BCUT2D eigenvalue weighted by atomic mass is 16.6. The molecule has 2 aliphatic rings. The monoisotopic (exact) mass is 339 g/mol. The highest BCUT2D eigenvalue weighted by Gasteiger charge is 2.48. The topological polar surface area (TPSA) is 55.8 Å². The molecule has 2 aliphatic heterocycles. The van der Waals surface area contributed by atoms with Gasteiger partial charge in [0.25, 0.3) is 0 Å². The normalized spacial score (nSPS) is 31.0. The number of amides is 1. The smallest absolute Gasteiger partial charge is 0.410 e. The van der Waals surface area contributed by atoms with Crippen molar-refractivity contribution in [1.82, 2.24) is 4.90 Å². The largest absolute Gasteiger partial charge is 0.460 e. The SMILES string of the molecule is CC(C)[C@@H]1C[C@@H]([C@@H]2C[C@@H](C(C)C)C(=O)O2)N(C(=O)OC(C)(C)C)C1. The van der Waals surface area contributed by atoms with E-state index < -0.39 is 5.60 Å². The zero-order valence-corrected chi connectivity index (χ0v) is 16.2. The molecule has 0 N–H and O–H groups in total. The van der Waals surface area contributed by atoms with E-state index in [0.717, 1.165) is 6.42 Å². The second-order valence-corrected chi connectivity index (χ2v) is 9.00. The van der Waals surface area contributed by atoms with Gasteiger partial charge in [0.15, 0.2) is 0 Å². The minimum Gasteiger partial charge on any atom is -0.460 e. The van der Waals surface area contributed by atoms with Crippen LogP contribution in [0.4, 0.5) is 4.79 Å². The summed E-state index contributed by atoms with van der Waals surface area (Å²) in [5, 5.41) is 0. The fourth-order valence-corrected chi connectivity index (χ4v) is 3.68. The van der Waals surface area contributed by atoms with Gasteiger partial charge in [0.05, 0.1) is 12.0 Å². The summed E-state index contributed by atoms with van der Waals surface area (Å²) in [6, 6.07) is -0.0695. The predicted molar refractivity (Wildman–Crippen MR) is 92.5 cm³/mol. The first-order chi connectivity index (χ1) is 11.0. The highest BCUT2D eigenvalue weighted by molar-refractivity contribution is 5.75. The number of cyclic esters (lactones) is 1. The molecule has 0 unspecified atom stereocenters. The van der Waals surface area contributed by atoms with Crippen molar-refractivity contribution in [3.63, 3.8) is 0 Å². The number of rotatable bonds is 3. The Labute approximate surface area is 146 Å². The first-order valence-corrected chi connectivity index (χ1v) is 9.19. The molecule has 2 heterocycles. The van der Waals surface area contributed by atoms with Gasteiger partial charge in [-0.2, -0.15) is 0 Å². The molecule has 24 heavy (non-hydrogen) atoms. The van der Waals surface area contributed by atoms with Crippen LogP contribution in [0.1, 0.15) is 61.3 Å². The Kier molecular flexibility index (Phi) is 5.50. The fourth-order valence-electron chi connectivity index (χ4n) is 3.68. The van der Waals surface area contributed by atoms with E-state index in [9.17, 15) is 9.59 Å². The van der Waals surface area contributed by atoms with Crippen LogP contribution in [0.25, 0.3) is 0 Å². The summed E-state index contributed by atoms with van der Waals surface area (Å²) in [6.07, 6.45) is 1.08. The molecule has 0 saturated carbocycles.